The summed E-state index contributed by atoms with van der Waals surface area (Å²) >= 11 is 0. The SMILES string of the molecule is CC.CC.COC(=O)c1ccc(NC(=O)c2ccccc2)nc1. The van der Waals surface area contributed by atoms with E-state index in [9.17, 15) is 9.59 Å². The van der Waals surface area contributed by atoms with Crippen molar-refractivity contribution in [2.24, 2.45) is 0 Å². The van der Waals surface area contributed by atoms with Crippen LogP contribution in [0, 0.1) is 0 Å². The van der Waals surface area contributed by atoms with Crippen LogP contribution in [0.1, 0.15) is 48.4 Å². The molecule has 2 aromatic rings. The lowest BCUT2D eigenvalue weighted by atomic mass is 10.2. The van der Waals surface area contributed by atoms with Crippen molar-refractivity contribution in [3.05, 3.63) is 59.8 Å². The van der Waals surface area contributed by atoms with Crippen LogP contribution in [-0.4, -0.2) is 24.0 Å². The molecule has 2 rings (SSSR count). The normalized spacial score (nSPS) is 8.57. The third kappa shape index (κ3) is 6.74. The summed E-state index contributed by atoms with van der Waals surface area (Å²) in [5, 5.41) is 2.64. The van der Waals surface area contributed by atoms with Crippen LogP contribution >= 0.6 is 0 Å². The highest BCUT2D eigenvalue weighted by Gasteiger charge is 2.08. The molecule has 23 heavy (non-hydrogen) atoms. The molecule has 0 aliphatic carbocycles. The Morgan fingerprint density at radius 3 is 2.00 bits per heavy atom. The zero-order chi connectivity index (χ0) is 17.7. The molecule has 1 aromatic heterocycles. The summed E-state index contributed by atoms with van der Waals surface area (Å²) in [7, 11) is 1.30. The number of carbonyl (C=O) groups excluding carboxylic acids is 2. The van der Waals surface area contributed by atoms with Crippen molar-refractivity contribution < 1.29 is 14.3 Å². The van der Waals surface area contributed by atoms with E-state index >= 15 is 0 Å². The van der Waals surface area contributed by atoms with Gasteiger partial charge < -0.3 is 10.1 Å². The van der Waals surface area contributed by atoms with Crippen LogP contribution in [-0.2, 0) is 4.74 Å². The number of carbonyl (C=O) groups is 2. The fourth-order valence-corrected chi connectivity index (χ4v) is 1.48. The molecule has 5 nitrogen and oxygen atoms in total. The highest BCUT2D eigenvalue weighted by Crippen LogP contribution is 2.08. The van der Waals surface area contributed by atoms with Gasteiger partial charge in [0.25, 0.3) is 5.91 Å². The Labute approximate surface area is 137 Å². The van der Waals surface area contributed by atoms with Gasteiger partial charge in [-0.25, -0.2) is 9.78 Å². The van der Waals surface area contributed by atoms with Gasteiger partial charge in [-0.15, -0.1) is 0 Å². The number of pyridine rings is 1. The Kier molecular flexibility index (Phi) is 10.5. The molecule has 124 valence electrons. The van der Waals surface area contributed by atoms with Gasteiger partial charge in [0.15, 0.2) is 0 Å². The van der Waals surface area contributed by atoms with Crippen LogP contribution in [0.2, 0.25) is 0 Å². The van der Waals surface area contributed by atoms with E-state index in [0.717, 1.165) is 0 Å². The van der Waals surface area contributed by atoms with Gasteiger partial charge in [0, 0.05) is 11.8 Å². The van der Waals surface area contributed by atoms with E-state index in [1.807, 2.05) is 33.8 Å². The highest BCUT2D eigenvalue weighted by atomic mass is 16.5. The molecule has 0 fully saturated rings. The van der Waals surface area contributed by atoms with Crippen LogP contribution in [0.25, 0.3) is 0 Å². The summed E-state index contributed by atoms with van der Waals surface area (Å²) in [6, 6.07) is 11.9. The lowest BCUT2D eigenvalue weighted by molar-refractivity contribution is 0.0600. The number of amides is 1. The zero-order valence-corrected chi connectivity index (χ0v) is 14.3. The van der Waals surface area contributed by atoms with Crippen molar-refractivity contribution in [3.63, 3.8) is 0 Å². The van der Waals surface area contributed by atoms with Gasteiger partial charge in [0.05, 0.1) is 12.7 Å². The maximum absolute atomic E-state index is 11.8. The van der Waals surface area contributed by atoms with Gasteiger partial charge >= 0.3 is 5.97 Å². The highest BCUT2D eigenvalue weighted by molar-refractivity contribution is 6.03. The number of methoxy groups -OCH3 is 1. The largest absolute Gasteiger partial charge is 0.465 e. The number of hydrogen-bond acceptors (Lipinski definition) is 4. The summed E-state index contributed by atoms with van der Waals surface area (Å²) in [5.41, 5.74) is 0.876. The maximum Gasteiger partial charge on any atom is 0.339 e. The number of hydrogen-bond donors (Lipinski definition) is 1. The Morgan fingerprint density at radius 1 is 0.913 bits per heavy atom. The molecule has 0 saturated carbocycles. The van der Waals surface area contributed by atoms with E-state index in [4.69, 9.17) is 0 Å². The third-order valence-corrected chi connectivity index (χ3v) is 2.46. The lowest BCUT2D eigenvalue weighted by Crippen LogP contribution is -2.13. The first-order valence-corrected chi connectivity index (χ1v) is 7.61. The summed E-state index contributed by atoms with van der Waals surface area (Å²) in [4.78, 5) is 27.0. The predicted molar refractivity (Wildman–Crippen MR) is 92.7 cm³/mol. The number of nitrogens with zero attached hydrogens (tertiary/aromatic N) is 1. The van der Waals surface area contributed by atoms with Gasteiger partial charge in [0.1, 0.15) is 5.82 Å². The fraction of sp³-hybridized carbons (Fsp3) is 0.278. The molecule has 0 aliphatic heterocycles. The standard InChI is InChI=1S/C14H12N2O3.2C2H6/c1-19-14(18)11-7-8-12(15-9-11)16-13(17)10-5-3-2-4-6-10;2*1-2/h2-9H,1H3,(H,15,16,17);2*1-2H3. The van der Waals surface area contributed by atoms with E-state index in [2.05, 4.69) is 15.0 Å². The molecule has 0 spiro atoms. The quantitative estimate of drug-likeness (QED) is 0.863. The first-order chi connectivity index (χ1) is 11.2. The number of aromatic nitrogens is 1. The monoisotopic (exact) mass is 316 g/mol. The number of ether oxygens (including phenoxy) is 1. The van der Waals surface area contributed by atoms with Crippen molar-refractivity contribution in [1.82, 2.24) is 4.98 Å². The van der Waals surface area contributed by atoms with Crippen molar-refractivity contribution in [3.8, 4) is 0 Å². The Morgan fingerprint density at radius 2 is 1.52 bits per heavy atom. The maximum atomic E-state index is 11.8. The van der Waals surface area contributed by atoms with E-state index in [1.165, 1.54) is 13.3 Å². The first-order valence-electron chi connectivity index (χ1n) is 7.61. The fourth-order valence-electron chi connectivity index (χ4n) is 1.48. The molecule has 1 aromatic carbocycles. The van der Waals surface area contributed by atoms with Gasteiger partial charge in [-0.2, -0.15) is 0 Å². The van der Waals surface area contributed by atoms with Crippen molar-refractivity contribution >= 4 is 17.7 Å². The second-order valence-electron chi connectivity index (χ2n) is 3.74. The molecular formula is C18H24N2O3. The molecule has 0 unspecified atom stereocenters. The molecule has 1 heterocycles. The number of esters is 1. The molecule has 0 aliphatic rings. The van der Waals surface area contributed by atoms with Crippen LogP contribution < -0.4 is 5.32 Å². The second-order valence-corrected chi connectivity index (χ2v) is 3.74. The minimum atomic E-state index is -0.464. The third-order valence-electron chi connectivity index (χ3n) is 2.46. The number of anilines is 1. The van der Waals surface area contributed by atoms with Crippen LogP contribution in [0.4, 0.5) is 5.82 Å². The average Bonchev–Trinajstić information content (AvgIpc) is 2.65. The van der Waals surface area contributed by atoms with Gasteiger partial charge in [-0.3, -0.25) is 4.79 Å². The predicted octanol–water partition coefficient (Wildman–Crippen LogP) is 4.17. The molecule has 0 saturated heterocycles. The van der Waals surface area contributed by atoms with Crippen LogP contribution in [0.5, 0.6) is 0 Å². The van der Waals surface area contributed by atoms with E-state index in [-0.39, 0.29) is 5.91 Å². The van der Waals surface area contributed by atoms with Gasteiger partial charge in [0.2, 0.25) is 0 Å². The Bertz CT molecular complexity index is 581. The molecule has 0 radical (unpaired) electrons. The Balaban J connectivity index is 0.00000112. The van der Waals surface area contributed by atoms with Crippen LogP contribution in [0.3, 0.4) is 0 Å². The Hall–Kier alpha value is -2.69. The number of nitrogens with one attached hydrogen (secondary N) is 1. The summed E-state index contributed by atoms with van der Waals surface area (Å²) in [5.74, 6) is -0.339. The van der Waals surface area contributed by atoms with Gasteiger partial charge in [-0.1, -0.05) is 45.9 Å². The van der Waals surface area contributed by atoms with E-state index < -0.39 is 5.97 Å². The molecule has 0 bridgehead atoms. The molecule has 0 atom stereocenters. The minimum absolute atomic E-state index is 0.251. The second kappa shape index (κ2) is 11.9. The number of rotatable bonds is 3. The zero-order valence-electron chi connectivity index (χ0n) is 14.3. The van der Waals surface area contributed by atoms with E-state index in [1.54, 1.807) is 36.4 Å². The first kappa shape index (κ1) is 20.3. The van der Waals surface area contributed by atoms with Crippen molar-refractivity contribution in [1.29, 1.82) is 0 Å². The van der Waals surface area contributed by atoms with Crippen LogP contribution in [0.15, 0.2) is 48.7 Å². The van der Waals surface area contributed by atoms with Crippen molar-refractivity contribution in [2.45, 2.75) is 27.7 Å². The molecule has 5 heteroatoms. The molecule has 1 N–H and O–H groups in total. The topological polar surface area (TPSA) is 68.3 Å². The molecule has 1 amide bonds. The smallest absolute Gasteiger partial charge is 0.339 e. The average molecular weight is 316 g/mol. The summed E-state index contributed by atoms with van der Waals surface area (Å²) in [6.07, 6.45) is 1.35. The lowest BCUT2D eigenvalue weighted by Gasteiger charge is -2.05. The minimum Gasteiger partial charge on any atom is -0.465 e. The number of benzene rings is 1. The van der Waals surface area contributed by atoms with E-state index in [0.29, 0.717) is 16.9 Å². The summed E-state index contributed by atoms with van der Waals surface area (Å²) in [6.45, 7) is 8.00. The van der Waals surface area contributed by atoms with Gasteiger partial charge in [-0.05, 0) is 24.3 Å². The van der Waals surface area contributed by atoms with Crippen molar-refractivity contribution in [2.75, 3.05) is 12.4 Å². The summed E-state index contributed by atoms with van der Waals surface area (Å²) < 4.78 is 4.56. The molecular weight excluding hydrogens is 292 g/mol.